The van der Waals surface area contributed by atoms with Crippen LogP contribution in [0, 0.1) is 0 Å². The largest absolute Gasteiger partial charge is 0.374 e. The molecule has 0 bridgehead atoms. The summed E-state index contributed by atoms with van der Waals surface area (Å²) < 4.78 is 58.4. The number of ether oxygens (including phenoxy) is 1. The maximum absolute atomic E-state index is 14.2. The quantitative estimate of drug-likeness (QED) is 0.309. The summed E-state index contributed by atoms with van der Waals surface area (Å²) in [6.07, 6.45) is 3.04. The van der Waals surface area contributed by atoms with Crippen molar-refractivity contribution in [3.05, 3.63) is 65.7 Å². The van der Waals surface area contributed by atoms with Gasteiger partial charge in [0.15, 0.2) is 9.84 Å². The Morgan fingerprint density at radius 1 is 1.07 bits per heavy atom. The molecule has 4 rings (SSSR count). The number of piperidine rings is 1. The molecule has 42 heavy (non-hydrogen) atoms. The number of hydrogen-bond acceptors (Lipinski definition) is 9. The maximum atomic E-state index is 14.2. The molecule has 1 spiro atoms. The minimum atomic E-state index is -3.73. The van der Waals surface area contributed by atoms with Gasteiger partial charge in [-0.15, -0.1) is 0 Å². The van der Waals surface area contributed by atoms with Crippen LogP contribution in [-0.4, -0.2) is 82.4 Å². The number of nitrogens with zero attached hydrogens (tertiary/aromatic N) is 1. The fourth-order valence-electron chi connectivity index (χ4n) is 5.39. The number of hydrogen-bond donors (Lipinski definition) is 4. The maximum Gasteiger partial charge on any atom is 0.261 e. The van der Waals surface area contributed by atoms with E-state index in [0.29, 0.717) is 37.9 Å². The predicted molar refractivity (Wildman–Crippen MR) is 160 cm³/mol. The van der Waals surface area contributed by atoms with Crippen LogP contribution in [-0.2, 0) is 46.3 Å². The zero-order valence-corrected chi connectivity index (χ0v) is 25.9. The molecule has 1 saturated heterocycles. The molecule has 1 fully saturated rings. The Hall–Kier alpha value is -2.88. The second-order valence-corrected chi connectivity index (χ2v) is 14.9. The van der Waals surface area contributed by atoms with E-state index in [1.54, 1.807) is 26.0 Å². The van der Waals surface area contributed by atoms with Crippen molar-refractivity contribution in [3.63, 3.8) is 0 Å². The summed E-state index contributed by atoms with van der Waals surface area (Å²) in [6, 6.07) is 15.7. The molecule has 0 aliphatic carbocycles. The van der Waals surface area contributed by atoms with Crippen LogP contribution in [0.1, 0.15) is 37.8 Å². The molecule has 0 aromatic heterocycles. The third-order valence-electron chi connectivity index (χ3n) is 7.13. The van der Waals surface area contributed by atoms with Gasteiger partial charge in [-0.25, -0.2) is 8.42 Å². The number of benzene rings is 2. The normalized spacial score (nSPS) is 18.9. The highest BCUT2D eigenvalue weighted by Gasteiger charge is 2.58. The second-order valence-electron chi connectivity index (χ2n) is 11.3. The Kier molecular flexibility index (Phi) is 10.6. The van der Waals surface area contributed by atoms with Crippen molar-refractivity contribution < 1.29 is 35.7 Å². The zero-order valence-electron chi connectivity index (χ0n) is 24.2. The predicted octanol–water partition coefficient (Wildman–Crippen LogP) is 0.968. The number of carbonyl (C=O) groups is 2. The van der Waals surface area contributed by atoms with E-state index in [0.717, 1.165) is 11.1 Å². The van der Waals surface area contributed by atoms with Crippen molar-refractivity contribution in [2.75, 3.05) is 37.1 Å². The summed E-state index contributed by atoms with van der Waals surface area (Å²) in [7, 11) is -7.39. The van der Waals surface area contributed by atoms with Gasteiger partial charge in [0.1, 0.15) is 11.4 Å². The number of sulfone groups is 1. The standard InChI is InChI=1S/C27H36N4O5S.CH4O3S/c1-26(2,28)24(33)30-21(18-36-17-19-9-5-4-6-10-19)23(32)31-22-12-8-7-11-20(22)27(13-15-29-16-14-27)25(31)37(3,34)35;1-5(2,3)4/h4-12,21,25,29H,13-18,28H2,1-3H3,(H,30,33);1H3,(H,2,3,4)/t21-,25?;/m1./s1. The number of nitrogens with one attached hydrogen (secondary N) is 2. The first kappa shape index (κ1) is 33.6. The minimum absolute atomic E-state index is 0.140. The minimum Gasteiger partial charge on any atom is -0.374 e. The third-order valence-corrected chi connectivity index (χ3v) is 8.60. The molecular weight excluding hydrogens is 584 g/mol. The molecule has 2 aliphatic heterocycles. The van der Waals surface area contributed by atoms with Crippen LogP contribution in [0.25, 0.3) is 0 Å². The Balaban J connectivity index is 0.000000892. The molecule has 14 heteroatoms. The Morgan fingerprint density at radius 2 is 1.62 bits per heavy atom. The third kappa shape index (κ3) is 8.36. The van der Waals surface area contributed by atoms with Crippen molar-refractivity contribution in [2.24, 2.45) is 5.73 Å². The Morgan fingerprint density at radius 3 is 2.17 bits per heavy atom. The van der Waals surface area contributed by atoms with Gasteiger partial charge in [0, 0.05) is 17.4 Å². The Labute approximate surface area is 247 Å². The van der Waals surface area contributed by atoms with Crippen LogP contribution in [0.3, 0.4) is 0 Å². The first-order chi connectivity index (χ1) is 19.4. The van der Waals surface area contributed by atoms with Crippen LogP contribution >= 0.6 is 0 Å². The molecular formula is C28H40N4O8S2. The van der Waals surface area contributed by atoms with Gasteiger partial charge in [-0.1, -0.05) is 48.5 Å². The lowest BCUT2D eigenvalue weighted by molar-refractivity contribution is -0.131. The van der Waals surface area contributed by atoms with Crippen molar-refractivity contribution in [2.45, 2.75) is 55.7 Å². The van der Waals surface area contributed by atoms with E-state index in [2.05, 4.69) is 10.6 Å². The topological polar surface area (TPSA) is 185 Å². The van der Waals surface area contributed by atoms with E-state index in [1.807, 2.05) is 42.5 Å². The highest BCUT2D eigenvalue weighted by atomic mass is 32.2. The number of anilines is 1. The molecule has 2 atom stereocenters. The molecule has 232 valence electrons. The van der Waals surface area contributed by atoms with Crippen molar-refractivity contribution in [1.82, 2.24) is 10.6 Å². The van der Waals surface area contributed by atoms with Crippen LogP contribution in [0.4, 0.5) is 5.69 Å². The molecule has 12 nitrogen and oxygen atoms in total. The van der Waals surface area contributed by atoms with E-state index in [1.165, 1.54) is 11.2 Å². The van der Waals surface area contributed by atoms with Gasteiger partial charge < -0.3 is 21.1 Å². The molecule has 1 unspecified atom stereocenters. The molecule has 0 radical (unpaired) electrons. The van der Waals surface area contributed by atoms with Gasteiger partial charge in [-0.05, 0) is 57.0 Å². The molecule has 5 N–H and O–H groups in total. The highest BCUT2D eigenvalue weighted by Crippen LogP contribution is 2.52. The molecule has 2 amide bonds. The molecule has 2 aliphatic rings. The average molecular weight is 625 g/mol. The van der Waals surface area contributed by atoms with E-state index >= 15 is 0 Å². The lowest BCUT2D eigenvalue weighted by Crippen LogP contribution is -2.61. The summed E-state index contributed by atoms with van der Waals surface area (Å²) >= 11 is 0. The van der Waals surface area contributed by atoms with Gasteiger partial charge in [0.25, 0.3) is 16.0 Å². The molecule has 0 saturated carbocycles. The summed E-state index contributed by atoms with van der Waals surface area (Å²) in [5.41, 5.74) is 6.33. The van der Waals surface area contributed by atoms with Gasteiger partial charge in [0.05, 0.1) is 25.0 Å². The Bertz CT molecular complexity index is 1460. The summed E-state index contributed by atoms with van der Waals surface area (Å²) in [5.74, 6) is -1.07. The first-order valence-electron chi connectivity index (χ1n) is 13.4. The van der Waals surface area contributed by atoms with Gasteiger partial charge >= 0.3 is 0 Å². The van der Waals surface area contributed by atoms with Gasteiger partial charge in [-0.2, -0.15) is 8.42 Å². The van der Waals surface area contributed by atoms with E-state index < -0.39 is 54.1 Å². The molecule has 2 aromatic carbocycles. The van der Waals surface area contributed by atoms with Crippen LogP contribution < -0.4 is 21.3 Å². The number of nitrogens with two attached hydrogens (primary N) is 1. The smallest absolute Gasteiger partial charge is 0.261 e. The summed E-state index contributed by atoms with van der Waals surface area (Å²) in [6.45, 7) is 4.47. The first-order valence-corrected chi connectivity index (χ1v) is 17.2. The number of fused-ring (bicyclic) bond motifs is 2. The lowest BCUT2D eigenvalue weighted by Gasteiger charge is -2.41. The second kappa shape index (κ2) is 13.2. The number of carbonyl (C=O) groups excluding carboxylic acids is 2. The molecule has 2 heterocycles. The number of rotatable bonds is 8. The number of para-hydroxylation sites is 1. The zero-order chi connectivity index (χ0) is 31.3. The van der Waals surface area contributed by atoms with Gasteiger partial charge in [-0.3, -0.25) is 19.0 Å². The van der Waals surface area contributed by atoms with Crippen molar-refractivity contribution in [3.8, 4) is 0 Å². The lowest BCUT2D eigenvalue weighted by atomic mass is 9.74. The fourth-order valence-corrected chi connectivity index (χ4v) is 7.17. The van der Waals surface area contributed by atoms with E-state index in [9.17, 15) is 26.4 Å². The highest BCUT2D eigenvalue weighted by molar-refractivity contribution is 7.91. The van der Waals surface area contributed by atoms with E-state index in [-0.39, 0.29) is 13.2 Å². The summed E-state index contributed by atoms with van der Waals surface area (Å²) in [5, 5.41) is 4.94. The average Bonchev–Trinajstić information content (AvgIpc) is 3.17. The number of amides is 2. The SMILES string of the molecule is CC(C)(N)C(=O)N[C@H](COCc1ccccc1)C(=O)N1c2ccccc2C2(CCNCC2)C1S(C)(=O)=O.CS(=O)(=O)O. The van der Waals surface area contributed by atoms with Crippen molar-refractivity contribution in [1.29, 1.82) is 0 Å². The van der Waals surface area contributed by atoms with Gasteiger partial charge in [0.2, 0.25) is 5.91 Å². The van der Waals surface area contributed by atoms with Crippen LogP contribution in [0.2, 0.25) is 0 Å². The molecule has 2 aromatic rings. The van der Waals surface area contributed by atoms with Crippen LogP contribution in [0.5, 0.6) is 0 Å². The van der Waals surface area contributed by atoms with E-state index in [4.69, 9.17) is 15.0 Å². The van der Waals surface area contributed by atoms with Crippen LogP contribution in [0.15, 0.2) is 54.6 Å². The van der Waals surface area contributed by atoms with Crippen molar-refractivity contribution >= 4 is 37.5 Å². The fraction of sp³-hybridized carbons (Fsp3) is 0.500. The monoisotopic (exact) mass is 624 g/mol. The summed E-state index contributed by atoms with van der Waals surface area (Å²) in [4.78, 5) is 28.4.